The highest BCUT2D eigenvalue weighted by atomic mass is 16.5. The van der Waals surface area contributed by atoms with Crippen molar-refractivity contribution in [2.24, 2.45) is 0 Å². The largest absolute Gasteiger partial charge is 0.379 e. The lowest BCUT2D eigenvalue weighted by Gasteiger charge is -2.18. The molecular weight excluding hydrogens is 280 g/mol. The summed E-state index contributed by atoms with van der Waals surface area (Å²) >= 11 is 0. The first-order chi connectivity index (χ1) is 10.6. The van der Waals surface area contributed by atoms with Gasteiger partial charge in [0.25, 0.3) is 5.91 Å². The lowest BCUT2D eigenvalue weighted by atomic mass is 10.2. The van der Waals surface area contributed by atoms with Crippen LogP contribution in [-0.4, -0.2) is 45.6 Å². The van der Waals surface area contributed by atoms with Gasteiger partial charge in [0.1, 0.15) is 5.82 Å². The van der Waals surface area contributed by atoms with E-state index >= 15 is 0 Å². The summed E-state index contributed by atoms with van der Waals surface area (Å²) in [5.74, 6) is 0.809. The van der Waals surface area contributed by atoms with Crippen LogP contribution >= 0.6 is 0 Å². The third-order valence-electron chi connectivity index (χ3n) is 4.27. The van der Waals surface area contributed by atoms with E-state index in [4.69, 9.17) is 4.74 Å². The molecule has 0 radical (unpaired) electrons. The summed E-state index contributed by atoms with van der Waals surface area (Å²) in [4.78, 5) is 21.6. The van der Waals surface area contributed by atoms with Gasteiger partial charge in [-0.05, 0) is 26.3 Å². The van der Waals surface area contributed by atoms with E-state index < -0.39 is 0 Å². The zero-order chi connectivity index (χ0) is 15.7. The monoisotopic (exact) mass is 302 g/mol. The minimum atomic E-state index is 0.0228. The molecule has 0 bridgehead atoms. The molecule has 1 fully saturated rings. The molecule has 1 aliphatic rings. The van der Waals surface area contributed by atoms with Crippen LogP contribution in [0.4, 0.5) is 0 Å². The molecule has 2 aromatic heterocycles. The standard InChI is InChI=1S/C16H22N4O2/c1-11-8-14(12(2)20(11)13-4-7-22-10-13)16(21)19(3)9-15-17-5-6-18-15/h5-6,8,13H,4,7,9-10H2,1-3H3,(H,17,18). The van der Waals surface area contributed by atoms with Crippen LogP contribution in [0.15, 0.2) is 18.5 Å². The summed E-state index contributed by atoms with van der Waals surface area (Å²) in [7, 11) is 1.80. The molecule has 1 N–H and O–H groups in total. The fourth-order valence-corrected chi connectivity index (χ4v) is 3.17. The van der Waals surface area contributed by atoms with Crippen molar-refractivity contribution in [3.63, 3.8) is 0 Å². The van der Waals surface area contributed by atoms with Crippen LogP contribution in [0.5, 0.6) is 0 Å². The summed E-state index contributed by atoms with van der Waals surface area (Å²) in [6.07, 6.45) is 4.46. The van der Waals surface area contributed by atoms with Crippen LogP contribution in [0.25, 0.3) is 0 Å². The first-order valence-electron chi connectivity index (χ1n) is 7.58. The number of nitrogens with zero attached hydrogens (tertiary/aromatic N) is 3. The fourth-order valence-electron chi connectivity index (χ4n) is 3.17. The first kappa shape index (κ1) is 14.8. The SMILES string of the molecule is Cc1cc(C(=O)N(C)Cc2ncc[nH]2)c(C)n1C1CCOC1. The molecule has 22 heavy (non-hydrogen) atoms. The van der Waals surface area contributed by atoms with Crippen molar-refractivity contribution < 1.29 is 9.53 Å². The molecule has 3 rings (SSSR count). The van der Waals surface area contributed by atoms with Crippen LogP contribution in [0.2, 0.25) is 0 Å². The van der Waals surface area contributed by atoms with Crippen molar-refractivity contribution >= 4 is 5.91 Å². The molecule has 1 atom stereocenters. The number of amides is 1. The van der Waals surface area contributed by atoms with Crippen LogP contribution in [0.1, 0.15) is 40.0 Å². The van der Waals surface area contributed by atoms with Gasteiger partial charge in [0.05, 0.1) is 24.8 Å². The van der Waals surface area contributed by atoms with E-state index in [1.54, 1.807) is 24.3 Å². The normalized spacial score (nSPS) is 17.9. The number of H-pyrrole nitrogens is 1. The number of rotatable bonds is 4. The third kappa shape index (κ3) is 2.66. The smallest absolute Gasteiger partial charge is 0.255 e. The van der Waals surface area contributed by atoms with Crippen molar-refractivity contribution in [1.29, 1.82) is 0 Å². The highest BCUT2D eigenvalue weighted by molar-refractivity contribution is 5.95. The Hall–Kier alpha value is -2.08. The van der Waals surface area contributed by atoms with Gasteiger partial charge in [0.15, 0.2) is 0 Å². The number of ether oxygens (including phenoxy) is 1. The summed E-state index contributed by atoms with van der Waals surface area (Å²) in [6.45, 7) is 6.06. The molecule has 1 unspecified atom stereocenters. The summed E-state index contributed by atoms with van der Waals surface area (Å²) in [5.41, 5.74) is 2.89. The maximum atomic E-state index is 12.7. The van der Waals surface area contributed by atoms with Crippen molar-refractivity contribution in [2.75, 3.05) is 20.3 Å². The molecular formula is C16H22N4O2. The predicted molar refractivity (Wildman–Crippen MR) is 82.8 cm³/mol. The second-order valence-electron chi connectivity index (χ2n) is 5.87. The molecule has 118 valence electrons. The zero-order valence-electron chi connectivity index (χ0n) is 13.3. The molecule has 2 aromatic rings. The number of aromatic nitrogens is 3. The minimum absolute atomic E-state index is 0.0228. The zero-order valence-corrected chi connectivity index (χ0v) is 13.3. The maximum absolute atomic E-state index is 12.7. The third-order valence-corrected chi connectivity index (χ3v) is 4.27. The molecule has 0 aromatic carbocycles. The quantitative estimate of drug-likeness (QED) is 0.940. The van der Waals surface area contributed by atoms with Gasteiger partial charge in [-0.1, -0.05) is 0 Å². The number of aromatic amines is 1. The second-order valence-corrected chi connectivity index (χ2v) is 5.87. The lowest BCUT2D eigenvalue weighted by molar-refractivity contribution is 0.0781. The molecule has 6 nitrogen and oxygen atoms in total. The molecule has 1 saturated heterocycles. The Morgan fingerprint density at radius 2 is 2.36 bits per heavy atom. The molecule has 0 saturated carbocycles. The van der Waals surface area contributed by atoms with Crippen LogP contribution < -0.4 is 0 Å². The Morgan fingerprint density at radius 1 is 1.55 bits per heavy atom. The van der Waals surface area contributed by atoms with Crippen molar-refractivity contribution in [3.8, 4) is 0 Å². The van der Waals surface area contributed by atoms with Gasteiger partial charge in [0, 0.05) is 37.4 Å². The van der Waals surface area contributed by atoms with Gasteiger partial charge in [0.2, 0.25) is 0 Å². The topological polar surface area (TPSA) is 63.2 Å². The lowest BCUT2D eigenvalue weighted by Crippen LogP contribution is -2.27. The maximum Gasteiger partial charge on any atom is 0.255 e. The number of imidazole rings is 1. The molecule has 6 heteroatoms. The van der Waals surface area contributed by atoms with E-state index in [1.807, 2.05) is 13.0 Å². The number of aryl methyl sites for hydroxylation is 1. The highest BCUT2D eigenvalue weighted by Crippen LogP contribution is 2.27. The van der Waals surface area contributed by atoms with Crippen molar-refractivity contribution in [3.05, 3.63) is 41.2 Å². The number of carbonyl (C=O) groups excluding carboxylic acids is 1. The van der Waals surface area contributed by atoms with Gasteiger partial charge in [-0.25, -0.2) is 4.98 Å². The van der Waals surface area contributed by atoms with Gasteiger partial charge in [-0.15, -0.1) is 0 Å². The molecule has 0 aliphatic carbocycles. The van der Waals surface area contributed by atoms with Gasteiger partial charge in [-0.3, -0.25) is 4.79 Å². The number of hydrogen-bond donors (Lipinski definition) is 1. The van der Waals surface area contributed by atoms with E-state index in [2.05, 4.69) is 21.5 Å². The van der Waals surface area contributed by atoms with E-state index in [9.17, 15) is 4.79 Å². The van der Waals surface area contributed by atoms with Crippen LogP contribution in [-0.2, 0) is 11.3 Å². The fraction of sp³-hybridized carbons (Fsp3) is 0.500. The van der Waals surface area contributed by atoms with Crippen LogP contribution in [0.3, 0.4) is 0 Å². The van der Waals surface area contributed by atoms with E-state index in [0.29, 0.717) is 12.6 Å². The van der Waals surface area contributed by atoms with Gasteiger partial charge < -0.3 is 19.2 Å². The first-order valence-corrected chi connectivity index (χ1v) is 7.58. The van der Waals surface area contributed by atoms with Crippen molar-refractivity contribution in [2.45, 2.75) is 32.9 Å². The highest BCUT2D eigenvalue weighted by Gasteiger charge is 2.25. The molecule has 3 heterocycles. The number of hydrogen-bond acceptors (Lipinski definition) is 3. The Morgan fingerprint density at radius 3 is 3.00 bits per heavy atom. The van der Waals surface area contributed by atoms with E-state index in [-0.39, 0.29) is 5.91 Å². The Kier molecular flexibility index (Phi) is 4.02. The Labute approximate surface area is 130 Å². The Balaban J connectivity index is 1.81. The van der Waals surface area contributed by atoms with Crippen molar-refractivity contribution in [1.82, 2.24) is 19.4 Å². The molecule has 1 amide bonds. The number of nitrogens with one attached hydrogen (secondary N) is 1. The summed E-state index contributed by atoms with van der Waals surface area (Å²) in [5, 5.41) is 0. The summed E-state index contributed by atoms with van der Waals surface area (Å²) in [6, 6.07) is 2.33. The minimum Gasteiger partial charge on any atom is -0.379 e. The molecule has 1 aliphatic heterocycles. The Bertz CT molecular complexity index is 654. The van der Waals surface area contributed by atoms with E-state index in [1.165, 1.54) is 0 Å². The predicted octanol–water partition coefficient (Wildman–Crippen LogP) is 2.06. The van der Waals surface area contributed by atoms with Crippen LogP contribution in [0, 0.1) is 13.8 Å². The van der Waals surface area contributed by atoms with Gasteiger partial charge in [-0.2, -0.15) is 0 Å². The number of carbonyl (C=O) groups is 1. The average Bonchev–Trinajstić information content (AvgIpc) is 3.20. The second kappa shape index (κ2) is 5.96. The summed E-state index contributed by atoms with van der Waals surface area (Å²) < 4.78 is 7.72. The van der Waals surface area contributed by atoms with E-state index in [0.717, 1.165) is 42.4 Å². The average molecular weight is 302 g/mol. The van der Waals surface area contributed by atoms with Gasteiger partial charge >= 0.3 is 0 Å². The molecule has 0 spiro atoms.